The van der Waals surface area contributed by atoms with Gasteiger partial charge in [-0.05, 0) is 0 Å². The molecule has 1 aromatic carbocycles. The molecule has 11 nitrogen and oxygen atoms in total. The van der Waals surface area contributed by atoms with Crippen LogP contribution in [0.4, 0.5) is 0 Å². The summed E-state index contributed by atoms with van der Waals surface area (Å²) in [6.45, 7) is -2.25. The highest BCUT2D eigenvalue weighted by Gasteiger charge is 2.19. The third kappa shape index (κ3) is 11.2. The molecule has 5 N–H and O–H groups in total. The van der Waals surface area contributed by atoms with Crippen molar-refractivity contribution < 1.29 is 44.7 Å². The van der Waals surface area contributed by atoms with E-state index in [-0.39, 0.29) is 44.0 Å². The number of hydrogen-bond acceptors (Lipinski definition) is 7. The van der Waals surface area contributed by atoms with E-state index in [1.807, 2.05) is 0 Å². The van der Waals surface area contributed by atoms with Crippen LogP contribution in [-0.4, -0.2) is 98.5 Å². The zero-order valence-corrected chi connectivity index (χ0v) is 19.7. The maximum atomic E-state index is 10.6. The summed E-state index contributed by atoms with van der Waals surface area (Å²) >= 11 is 27.9. The average Bonchev–Trinajstić information content (AvgIpc) is 2.66. The van der Waals surface area contributed by atoms with E-state index >= 15 is 0 Å². The number of benzene rings is 1. The third-order valence-corrected chi connectivity index (χ3v) is 5.61. The minimum Gasteiger partial charge on any atom is -0.505 e. The zero-order valence-electron chi connectivity index (χ0n) is 15.9. The van der Waals surface area contributed by atoms with Crippen LogP contribution in [0.1, 0.15) is 0 Å². The molecule has 0 fully saturated rings. The summed E-state index contributed by atoms with van der Waals surface area (Å²) < 4.78 is 0. The Bertz CT molecular complexity index is 696. The molecule has 0 aliphatic rings. The van der Waals surface area contributed by atoms with Crippen LogP contribution in [0, 0.1) is 0 Å². The number of aromatic hydroxyl groups is 1. The van der Waals surface area contributed by atoms with E-state index in [2.05, 4.69) is 0 Å². The molecule has 0 bridgehead atoms. The Morgan fingerprint density at radius 3 is 0.969 bits per heavy atom. The lowest BCUT2D eigenvalue weighted by Gasteiger charge is -2.23. The Labute approximate surface area is 206 Å². The number of phenols is 1. The summed E-state index contributed by atoms with van der Waals surface area (Å²) in [6, 6.07) is 0. The van der Waals surface area contributed by atoms with Gasteiger partial charge in [-0.3, -0.25) is 29.0 Å². The maximum absolute atomic E-state index is 10.6. The molecule has 0 saturated carbocycles. The molecular weight excluding hydrogens is 541 g/mol. The van der Waals surface area contributed by atoms with Crippen molar-refractivity contribution in [3.63, 3.8) is 0 Å². The van der Waals surface area contributed by atoms with E-state index in [0.717, 1.165) is 9.80 Å². The first-order valence-electron chi connectivity index (χ1n) is 8.19. The first kappa shape index (κ1) is 30.3. The van der Waals surface area contributed by atoms with Gasteiger partial charge in [-0.1, -0.05) is 58.0 Å². The second kappa shape index (κ2) is 14.4. The SMILES string of the molecule is O=C(O)CN(CCN(CC(=O)O)CC(=O)O)CC(=O)O.Oc1c(Cl)c(Cl)c(Cl)c(Cl)c1Cl. The van der Waals surface area contributed by atoms with Crippen LogP contribution in [0.5, 0.6) is 5.75 Å². The number of aliphatic carboxylic acids is 4. The number of nitrogens with zero attached hydrogens (tertiary/aromatic N) is 2. The molecule has 0 spiro atoms. The summed E-state index contributed by atoms with van der Waals surface area (Å²) in [4.78, 5) is 44.4. The fraction of sp³-hybridized carbons (Fsp3) is 0.375. The Morgan fingerprint density at radius 2 is 0.750 bits per heavy atom. The number of rotatable bonds is 11. The Hall–Kier alpha value is -1.73. The molecule has 1 aromatic rings. The van der Waals surface area contributed by atoms with Gasteiger partial charge in [0, 0.05) is 13.1 Å². The third-order valence-electron chi connectivity index (χ3n) is 3.35. The fourth-order valence-electron chi connectivity index (χ4n) is 2.07. The lowest BCUT2D eigenvalue weighted by atomic mass is 10.3. The fourth-order valence-corrected chi connectivity index (χ4v) is 3.20. The monoisotopic (exact) mass is 556 g/mol. The van der Waals surface area contributed by atoms with Crippen LogP contribution >= 0.6 is 58.0 Å². The summed E-state index contributed by atoms with van der Waals surface area (Å²) in [5.74, 6) is -5.27. The molecule has 0 heterocycles. The van der Waals surface area contributed by atoms with Crippen LogP contribution in [0.25, 0.3) is 0 Å². The van der Waals surface area contributed by atoms with Crippen molar-refractivity contribution >= 4 is 81.9 Å². The number of carboxylic acid groups (broad SMARTS) is 4. The summed E-state index contributed by atoms with van der Waals surface area (Å²) in [5, 5.41) is 43.5. The topological polar surface area (TPSA) is 176 Å². The normalized spacial score (nSPS) is 10.6. The highest BCUT2D eigenvalue weighted by molar-refractivity contribution is 6.55. The number of hydrogen-bond donors (Lipinski definition) is 5. The maximum Gasteiger partial charge on any atom is 0.317 e. The molecule has 1 rings (SSSR count). The molecule has 0 aromatic heterocycles. The van der Waals surface area contributed by atoms with Crippen molar-refractivity contribution in [3.8, 4) is 5.75 Å². The Kier molecular flexibility index (Phi) is 13.6. The van der Waals surface area contributed by atoms with Gasteiger partial charge in [0.15, 0.2) is 5.75 Å². The predicted octanol–water partition coefficient (Wildman–Crippen LogP) is 2.59. The molecular formula is C16H17Cl5N2O9. The number of halogens is 5. The average molecular weight is 559 g/mol. The Balaban J connectivity index is 0.000000677. The molecule has 0 saturated heterocycles. The minimum atomic E-state index is -1.23. The first-order valence-corrected chi connectivity index (χ1v) is 10.1. The Morgan fingerprint density at radius 1 is 0.531 bits per heavy atom. The van der Waals surface area contributed by atoms with Crippen molar-refractivity contribution in [2.75, 3.05) is 39.3 Å². The van der Waals surface area contributed by atoms with E-state index in [1.54, 1.807) is 0 Å². The van der Waals surface area contributed by atoms with Gasteiger partial charge in [0.1, 0.15) is 10.0 Å². The number of carboxylic acids is 4. The van der Waals surface area contributed by atoms with Crippen molar-refractivity contribution in [2.24, 2.45) is 0 Å². The first-order chi connectivity index (χ1) is 14.7. The molecule has 0 amide bonds. The van der Waals surface area contributed by atoms with Crippen molar-refractivity contribution in [2.45, 2.75) is 0 Å². The van der Waals surface area contributed by atoms with Crippen molar-refractivity contribution in [1.82, 2.24) is 9.80 Å². The van der Waals surface area contributed by atoms with E-state index in [9.17, 15) is 24.3 Å². The van der Waals surface area contributed by atoms with Crippen molar-refractivity contribution in [1.29, 1.82) is 0 Å². The number of phenolic OH excluding ortho intramolecular Hbond substituents is 1. The quantitative estimate of drug-likeness (QED) is 0.199. The van der Waals surface area contributed by atoms with E-state index in [1.165, 1.54) is 0 Å². The van der Waals surface area contributed by atoms with E-state index < -0.39 is 50.1 Å². The molecule has 0 unspecified atom stereocenters. The lowest BCUT2D eigenvalue weighted by Crippen LogP contribution is -2.43. The molecule has 16 heteroatoms. The largest absolute Gasteiger partial charge is 0.505 e. The van der Waals surface area contributed by atoms with Gasteiger partial charge in [-0.2, -0.15) is 0 Å². The van der Waals surface area contributed by atoms with Crippen molar-refractivity contribution in [3.05, 3.63) is 25.1 Å². The van der Waals surface area contributed by atoms with Gasteiger partial charge >= 0.3 is 23.9 Å². The summed E-state index contributed by atoms with van der Waals surface area (Å²) in [6.07, 6.45) is 0. The van der Waals surface area contributed by atoms with Gasteiger partial charge in [0.05, 0.1) is 41.2 Å². The minimum absolute atomic E-state index is 0.00904. The van der Waals surface area contributed by atoms with Gasteiger partial charge in [-0.15, -0.1) is 0 Å². The standard InChI is InChI=1S/C10H16N2O8.C6HCl5O/c13-7(14)3-11(4-8(15)16)1-2-12(5-9(17)18)6-10(19)20;7-1-2(8)4(10)6(12)5(11)3(1)9/h1-6H2,(H,13,14)(H,15,16)(H,17,18)(H,19,20);12H. The lowest BCUT2D eigenvalue weighted by molar-refractivity contribution is -0.145. The van der Waals surface area contributed by atoms with E-state index in [4.69, 9.17) is 78.4 Å². The van der Waals surface area contributed by atoms with Crippen LogP contribution in [0.15, 0.2) is 0 Å². The van der Waals surface area contributed by atoms with Gasteiger partial charge in [0.2, 0.25) is 0 Å². The molecule has 180 valence electrons. The highest BCUT2D eigenvalue weighted by atomic mass is 35.5. The van der Waals surface area contributed by atoms with Crippen LogP contribution in [0.3, 0.4) is 0 Å². The molecule has 0 atom stereocenters. The number of carbonyl (C=O) groups is 4. The second-order valence-electron chi connectivity index (χ2n) is 5.91. The van der Waals surface area contributed by atoms with Gasteiger partial charge < -0.3 is 25.5 Å². The van der Waals surface area contributed by atoms with Gasteiger partial charge in [0.25, 0.3) is 0 Å². The second-order valence-corrected chi connectivity index (χ2v) is 7.80. The van der Waals surface area contributed by atoms with Crippen LogP contribution in [0.2, 0.25) is 25.1 Å². The molecule has 0 aliphatic carbocycles. The summed E-state index contributed by atoms with van der Waals surface area (Å²) in [7, 11) is 0. The predicted molar refractivity (Wildman–Crippen MR) is 117 cm³/mol. The highest BCUT2D eigenvalue weighted by Crippen LogP contribution is 2.47. The van der Waals surface area contributed by atoms with Crippen LogP contribution in [-0.2, 0) is 19.2 Å². The molecule has 32 heavy (non-hydrogen) atoms. The zero-order chi connectivity index (χ0) is 25.2. The summed E-state index contributed by atoms with van der Waals surface area (Å²) in [5.41, 5.74) is 0. The molecule has 0 radical (unpaired) electrons. The van der Waals surface area contributed by atoms with E-state index in [0.29, 0.717) is 0 Å². The molecule has 0 aliphatic heterocycles. The van der Waals surface area contributed by atoms with Gasteiger partial charge in [-0.25, -0.2) is 0 Å². The van der Waals surface area contributed by atoms with Crippen LogP contribution < -0.4 is 0 Å². The smallest absolute Gasteiger partial charge is 0.317 e.